The first-order chi connectivity index (χ1) is 11.3. The van der Waals surface area contributed by atoms with Gasteiger partial charge in [0.15, 0.2) is 0 Å². The van der Waals surface area contributed by atoms with E-state index in [-0.39, 0.29) is 11.8 Å². The van der Waals surface area contributed by atoms with Crippen molar-refractivity contribution in [2.45, 2.75) is 44.9 Å². The van der Waals surface area contributed by atoms with E-state index in [1.54, 1.807) is 0 Å². The van der Waals surface area contributed by atoms with Gasteiger partial charge in [-0.2, -0.15) is 0 Å². The molecular weight excluding hydrogens is 288 g/mol. The molecule has 1 N–H and O–H groups in total. The molecule has 1 unspecified atom stereocenters. The second-order valence-electron chi connectivity index (χ2n) is 7.04. The van der Waals surface area contributed by atoms with Gasteiger partial charge in [-0.25, -0.2) is 0 Å². The number of carbonyl (C=O) groups excluding carboxylic acids is 1. The highest BCUT2D eigenvalue weighted by molar-refractivity contribution is 5.81. The van der Waals surface area contributed by atoms with E-state index in [2.05, 4.69) is 5.32 Å². The molecule has 0 aromatic rings. The number of carbonyl (C=O) groups is 1. The number of ether oxygens (including phenoxy) is 1. The topological polar surface area (TPSA) is 41.6 Å². The molecule has 0 spiro atoms. The summed E-state index contributed by atoms with van der Waals surface area (Å²) in [6.07, 6.45) is 14.9. The van der Waals surface area contributed by atoms with Crippen molar-refractivity contribution in [2.75, 3.05) is 32.8 Å². The van der Waals surface area contributed by atoms with E-state index in [0.717, 1.165) is 57.3 Å². The lowest BCUT2D eigenvalue weighted by Crippen LogP contribution is -2.48. The Hall–Kier alpha value is -1.29. The fourth-order valence-corrected chi connectivity index (χ4v) is 3.88. The lowest BCUT2D eigenvalue weighted by molar-refractivity contribution is -0.134. The van der Waals surface area contributed by atoms with Crippen LogP contribution < -0.4 is 5.32 Å². The Morgan fingerprint density at radius 1 is 1.22 bits per heavy atom. The second kappa shape index (κ2) is 8.53. The molecule has 1 atom stereocenters. The van der Waals surface area contributed by atoms with Gasteiger partial charge in [0.2, 0.25) is 5.91 Å². The summed E-state index contributed by atoms with van der Waals surface area (Å²) in [5, 5.41) is 3.29. The third-order valence-electron chi connectivity index (χ3n) is 5.33. The number of nitrogens with zero attached hydrogens (tertiary/aromatic N) is 1. The molecule has 1 saturated carbocycles. The SMILES string of the molecule is O=C(C1C=CC=C(OCCC2CCCCC2)C1)N1CCNCC1. The van der Waals surface area contributed by atoms with Crippen molar-refractivity contribution in [1.29, 1.82) is 0 Å². The molecule has 0 bridgehead atoms. The predicted octanol–water partition coefficient (Wildman–Crippen LogP) is 2.87. The molecule has 1 aliphatic heterocycles. The van der Waals surface area contributed by atoms with Crippen LogP contribution in [-0.4, -0.2) is 43.6 Å². The van der Waals surface area contributed by atoms with E-state index in [9.17, 15) is 4.79 Å². The summed E-state index contributed by atoms with van der Waals surface area (Å²) in [6, 6.07) is 0. The summed E-state index contributed by atoms with van der Waals surface area (Å²) < 4.78 is 5.98. The first kappa shape index (κ1) is 16.6. The number of amides is 1. The van der Waals surface area contributed by atoms with E-state index in [1.165, 1.54) is 32.1 Å². The van der Waals surface area contributed by atoms with E-state index in [1.807, 2.05) is 23.1 Å². The summed E-state index contributed by atoms with van der Waals surface area (Å²) in [7, 11) is 0. The van der Waals surface area contributed by atoms with Crippen molar-refractivity contribution in [1.82, 2.24) is 10.2 Å². The Labute approximate surface area is 139 Å². The number of hydrogen-bond acceptors (Lipinski definition) is 3. The van der Waals surface area contributed by atoms with Crippen molar-refractivity contribution in [3.05, 3.63) is 24.0 Å². The first-order valence-electron chi connectivity index (χ1n) is 9.32. The van der Waals surface area contributed by atoms with Gasteiger partial charge < -0.3 is 15.0 Å². The van der Waals surface area contributed by atoms with Crippen molar-refractivity contribution < 1.29 is 9.53 Å². The summed E-state index contributed by atoms with van der Waals surface area (Å²) in [6.45, 7) is 4.26. The highest BCUT2D eigenvalue weighted by Crippen LogP contribution is 2.27. The van der Waals surface area contributed by atoms with Crippen molar-refractivity contribution in [3.8, 4) is 0 Å². The number of nitrogens with one attached hydrogen (secondary N) is 1. The van der Waals surface area contributed by atoms with E-state index in [4.69, 9.17) is 4.74 Å². The quantitative estimate of drug-likeness (QED) is 0.847. The molecule has 128 valence electrons. The van der Waals surface area contributed by atoms with Crippen LogP contribution in [0.1, 0.15) is 44.9 Å². The van der Waals surface area contributed by atoms with Gasteiger partial charge in [0.25, 0.3) is 0 Å². The zero-order valence-corrected chi connectivity index (χ0v) is 14.1. The van der Waals surface area contributed by atoms with Gasteiger partial charge in [-0.1, -0.05) is 44.3 Å². The van der Waals surface area contributed by atoms with Crippen LogP contribution in [0.5, 0.6) is 0 Å². The van der Waals surface area contributed by atoms with Crippen molar-refractivity contribution >= 4 is 5.91 Å². The monoisotopic (exact) mass is 318 g/mol. The Morgan fingerprint density at radius 2 is 2.00 bits per heavy atom. The van der Waals surface area contributed by atoms with Gasteiger partial charge in [0.1, 0.15) is 0 Å². The standard InChI is InChI=1S/C19H30N2O2/c22-19(21-12-10-20-11-13-21)17-7-4-8-18(15-17)23-14-9-16-5-2-1-3-6-16/h4,7-8,16-17,20H,1-3,5-6,9-15H2. The van der Waals surface area contributed by atoms with Crippen molar-refractivity contribution in [2.24, 2.45) is 11.8 Å². The predicted molar refractivity (Wildman–Crippen MR) is 91.9 cm³/mol. The first-order valence-corrected chi connectivity index (χ1v) is 9.32. The van der Waals surface area contributed by atoms with E-state index < -0.39 is 0 Å². The number of allylic oxidation sites excluding steroid dienone is 3. The lowest BCUT2D eigenvalue weighted by Gasteiger charge is -2.31. The second-order valence-corrected chi connectivity index (χ2v) is 7.04. The Bertz CT molecular complexity index is 446. The van der Waals surface area contributed by atoms with Crippen molar-refractivity contribution in [3.63, 3.8) is 0 Å². The van der Waals surface area contributed by atoms with Crippen LogP contribution in [0.3, 0.4) is 0 Å². The highest BCUT2D eigenvalue weighted by atomic mass is 16.5. The Morgan fingerprint density at radius 3 is 2.78 bits per heavy atom. The molecule has 3 rings (SSSR count). The van der Waals surface area contributed by atoms with Gasteiger partial charge in [-0.3, -0.25) is 4.79 Å². The molecule has 3 aliphatic rings. The molecule has 4 nitrogen and oxygen atoms in total. The zero-order chi connectivity index (χ0) is 15.9. The van der Waals surface area contributed by atoms with Crippen LogP contribution in [-0.2, 0) is 9.53 Å². The molecule has 0 aromatic carbocycles. The van der Waals surface area contributed by atoms with Gasteiger partial charge >= 0.3 is 0 Å². The smallest absolute Gasteiger partial charge is 0.230 e. The highest BCUT2D eigenvalue weighted by Gasteiger charge is 2.26. The maximum Gasteiger partial charge on any atom is 0.230 e. The minimum absolute atomic E-state index is 0.0391. The van der Waals surface area contributed by atoms with Gasteiger partial charge in [-0.05, 0) is 18.4 Å². The molecule has 1 amide bonds. The minimum atomic E-state index is -0.0391. The van der Waals surface area contributed by atoms with Crippen LogP contribution in [0, 0.1) is 11.8 Å². The largest absolute Gasteiger partial charge is 0.498 e. The van der Waals surface area contributed by atoms with Crippen LogP contribution in [0.2, 0.25) is 0 Å². The van der Waals surface area contributed by atoms with E-state index in [0.29, 0.717) is 0 Å². The maximum atomic E-state index is 12.6. The number of piperazine rings is 1. The molecule has 2 aliphatic carbocycles. The van der Waals surface area contributed by atoms with Crippen LogP contribution >= 0.6 is 0 Å². The fourth-order valence-electron chi connectivity index (χ4n) is 3.88. The third kappa shape index (κ3) is 4.84. The third-order valence-corrected chi connectivity index (χ3v) is 5.33. The molecule has 23 heavy (non-hydrogen) atoms. The maximum absolute atomic E-state index is 12.6. The number of rotatable bonds is 5. The molecule has 0 radical (unpaired) electrons. The van der Waals surface area contributed by atoms with Gasteiger partial charge in [-0.15, -0.1) is 0 Å². The minimum Gasteiger partial charge on any atom is -0.498 e. The molecule has 1 saturated heterocycles. The molecular formula is C19H30N2O2. The normalized spacial score (nSPS) is 26.0. The fraction of sp³-hybridized carbons (Fsp3) is 0.737. The molecule has 2 fully saturated rings. The molecule has 0 aromatic heterocycles. The summed E-state index contributed by atoms with van der Waals surface area (Å²) in [4.78, 5) is 14.6. The lowest BCUT2D eigenvalue weighted by atomic mass is 9.87. The Kier molecular flexibility index (Phi) is 6.14. The van der Waals surface area contributed by atoms with Gasteiger partial charge in [0.05, 0.1) is 18.3 Å². The summed E-state index contributed by atoms with van der Waals surface area (Å²) in [5.74, 6) is 2.05. The van der Waals surface area contributed by atoms with Crippen LogP contribution in [0.15, 0.2) is 24.0 Å². The van der Waals surface area contributed by atoms with Gasteiger partial charge in [0, 0.05) is 32.6 Å². The number of hydrogen-bond donors (Lipinski definition) is 1. The molecule has 1 heterocycles. The summed E-state index contributed by atoms with van der Waals surface area (Å²) in [5.41, 5.74) is 0. The van der Waals surface area contributed by atoms with E-state index >= 15 is 0 Å². The average Bonchev–Trinajstić information content (AvgIpc) is 2.63. The summed E-state index contributed by atoms with van der Waals surface area (Å²) >= 11 is 0. The van der Waals surface area contributed by atoms with Crippen LogP contribution in [0.4, 0.5) is 0 Å². The molecule has 4 heteroatoms. The zero-order valence-electron chi connectivity index (χ0n) is 14.1. The Balaban J connectivity index is 1.41. The average molecular weight is 318 g/mol. The van der Waals surface area contributed by atoms with Crippen LogP contribution in [0.25, 0.3) is 0 Å².